The molecule has 0 aliphatic carbocycles. The van der Waals surface area contributed by atoms with E-state index >= 15 is 0 Å². The maximum absolute atomic E-state index is 12.3. The summed E-state index contributed by atoms with van der Waals surface area (Å²) in [4.78, 5) is 15.1. The number of benzene rings is 1. The first-order valence-corrected chi connectivity index (χ1v) is 7.92. The molecule has 1 amide bonds. The number of carbonyl (C=O) groups excluding carboxylic acids is 1. The summed E-state index contributed by atoms with van der Waals surface area (Å²) in [6.07, 6.45) is 0.315. The molecule has 0 atom stereocenters. The zero-order valence-electron chi connectivity index (χ0n) is 12.8. The minimum atomic E-state index is 0.0387. The number of methoxy groups -OCH3 is 2. The molecule has 0 radical (unpaired) electrons. The van der Waals surface area contributed by atoms with E-state index in [2.05, 4.69) is 0 Å². The van der Waals surface area contributed by atoms with Crippen LogP contribution in [-0.2, 0) is 17.8 Å². The number of ether oxygens (including phenoxy) is 2. The molecule has 0 saturated heterocycles. The second-order valence-electron chi connectivity index (χ2n) is 4.82. The highest BCUT2D eigenvalue weighted by Crippen LogP contribution is 2.28. The summed E-state index contributed by atoms with van der Waals surface area (Å²) >= 11 is 7.39. The van der Waals surface area contributed by atoms with Crippen LogP contribution < -0.4 is 9.47 Å². The van der Waals surface area contributed by atoms with Crippen LogP contribution >= 0.6 is 22.9 Å². The number of rotatable bonds is 6. The summed E-state index contributed by atoms with van der Waals surface area (Å²) in [6, 6.07) is 9.28. The van der Waals surface area contributed by atoms with Gasteiger partial charge in [-0.05, 0) is 29.8 Å². The van der Waals surface area contributed by atoms with Gasteiger partial charge in [0.05, 0.1) is 31.5 Å². The number of amides is 1. The van der Waals surface area contributed by atoms with E-state index < -0.39 is 0 Å². The van der Waals surface area contributed by atoms with Gasteiger partial charge in [0, 0.05) is 11.9 Å². The number of likely N-dealkylation sites (N-methyl/N-ethyl adjacent to an activating group) is 1. The molecule has 0 spiro atoms. The average molecular weight is 340 g/mol. The second kappa shape index (κ2) is 7.51. The van der Waals surface area contributed by atoms with Gasteiger partial charge in [-0.15, -0.1) is 11.3 Å². The zero-order chi connectivity index (χ0) is 16.1. The normalized spacial score (nSPS) is 10.4. The third kappa shape index (κ3) is 4.15. The van der Waals surface area contributed by atoms with E-state index in [1.54, 1.807) is 32.2 Å². The van der Waals surface area contributed by atoms with Gasteiger partial charge in [0.2, 0.25) is 5.91 Å². The van der Waals surface area contributed by atoms with Crippen LogP contribution in [0.2, 0.25) is 4.34 Å². The molecule has 2 aromatic rings. The Labute approximate surface area is 139 Å². The monoisotopic (exact) mass is 339 g/mol. The molecule has 1 heterocycles. The quantitative estimate of drug-likeness (QED) is 0.806. The Bertz CT molecular complexity index is 657. The zero-order valence-corrected chi connectivity index (χ0v) is 14.3. The summed E-state index contributed by atoms with van der Waals surface area (Å²) in [5.74, 6) is 1.32. The van der Waals surface area contributed by atoms with Crippen molar-refractivity contribution in [3.8, 4) is 11.5 Å². The lowest BCUT2D eigenvalue weighted by atomic mass is 10.1. The molecule has 22 heavy (non-hydrogen) atoms. The van der Waals surface area contributed by atoms with Gasteiger partial charge in [-0.3, -0.25) is 4.79 Å². The second-order valence-corrected chi connectivity index (χ2v) is 6.62. The van der Waals surface area contributed by atoms with Gasteiger partial charge < -0.3 is 14.4 Å². The van der Waals surface area contributed by atoms with Gasteiger partial charge in [0.1, 0.15) is 0 Å². The van der Waals surface area contributed by atoms with Crippen molar-refractivity contribution in [2.45, 2.75) is 13.0 Å². The van der Waals surface area contributed by atoms with E-state index in [0.717, 1.165) is 14.8 Å². The Hall–Kier alpha value is -1.72. The molecule has 0 fully saturated rings. The molecule has 0 bridgehead atoms. The van der Waals surface area contributed by atoms with E-state index in [1.165, 1.54) is 11.3 Å². The summed E-state index contributed by atoms with van der Waals surface area (Å²) in [6.45, 7) is 0.559. The van der Waals surface area contributed by atoms with Crippen LogP contribution in [0.1, 0.15) is 10.4 Å². The first kappa shape index (κ1) is 16.6. The van der Waals surface area contributed by atoms with E-state index in [0.29, 0.717) is 24.5 Å². The lowest BCUT2D eigenvalue weighted by Crippen LogP contribution is -2.27. The average Bonchev–Trinajstić information content (AvgIpc) is 2.92. The Morgan fingerprint density at radius 3 is 2.50 bits per heavy atom. The summed E-state index contributed by atoms with van der Waals surface area (Å²) in [7, 11) is 4.95. The van der Waals surface area contributed by atoms with Gasteiger partial charge in [-0.2, -0.15) is 0 Å². The van der Waals surface area contributed by atoms with Crippen molar-refractivity contribution in [3.63, 3.8) is 0 Å². The highest BCUT2D eigenvalue weighted by molar-refractivity contribution is 7.16. The fourth-order valence-corrected chi connectivity index (χ4v) is 3.20. The first-order valence-electron chi connectivity index (χ1n) is 6.72. The van der Waals surface area contributed by atoms with Crippen molar-refractivity contribution in [1.29, 1.82) is 0 Å². The van der Waals surface area contributed by atoms with E-state index in [-0.39, 0.29) is 5.91 Å². The van der Waals surface area contributed by atoms with Crippen molar-refractivity contribution in [1.82, 2.24) is 4.90 Å². The molecule has 0 aliphatic heterocycles. The van der Waals surface area contributed by atoms with E-state index in [1.807, 2.05) is 24.3 Å². The maximum atomic E-state index is 12.3. The smallest absolute Gasteiger partial charge is 0.227 e. The van der Waals surface area contributed by atoms with Crippen LogP contribution in [0, 0.1) is 0 Å². The van der Waals surface area contributed by atoms with Crippen molar-refractivity contribution < 1.29 is 14.3 Å². The predicted molar refractivity (Wildman–Crippen MR) is 89.1 cm³/mol. The molecule has 2 rings (SSSR count). The van der Waals surface area contributed by atoms with E-state index in [9.17, 15) is 4.79 Å². The van der Waals surface area contributed by atoms with Crippen molar-refractivity contribution in [2.24, 2.45) is 0 Å². The highest BCUT2D eigenvalue weighted by Gasteiger charge is 2.13. The van der Waals surface area contributed by atoms with Gasteiger partial charge in [-0.25, -0.2) is 0 Å². The standard InChI is InChI=1S/C16H18ClNO3S/c1-18(10-12-5-7-15(17)22-12)16(19)9-11-4-6-13(20-2)14(8-11)21-3/h4-8H,9-10H2,1-3H3. The number of thiophene rings is 1. The summed E-state index contributed by atoms with van der Waals surface area (Å²) in [5, 5.41) is 0. The van der Waals surface area contributed by atoms with Crippen LogP contribution in [-0.4, -0.2) is 32.1 Å². The molecule has 0 unspecified atom stereocenters. The highest BCUT2D eigenvalue weighted by atomic mass is 35.5. The topological polar surface area (TPSA) is 38.8 Å². The summed E-state index contributed by atoms with van der Waals surface area (Å²) < 4.78 is 11.2. The fourth-order valence-electron chi connectivity index (χ4n) is 2.06. The van der Waals surface area contributed by atoms with Crippen LogP contribution in [0.15, 0.2) is 30.3 Å². The molecular formula is C16H18ClNO3S. The Balaban J connectivity index is 2.01. The summed E-state index contributed by atoms with van der Waals surface area (Å²) in [5.41, 5.74) is 0.888. The molecule has 0 saturated carbocycles. The number of hydrogen-bond acceptors (Lipinski definition) is 4. The van der Waals surface area contributed by atoms with Crippen LogP contribution in [0.5, 0.6) is 11.5 Å². The lowest BCUT2D eigenvalue weighted by Gasteiger charge is -2.17. The first-order chi connectivity index (χ1) is 10.5. The number of carbonyl (C=O) groups is 1. The minimum Gasteiger partial charge on any atom is -0.493 e. The van der Waals surface area contributed by atoms with Crippen molar-refractivity contribution in [3.05, 3.63) is 45.1 Å². The molecule has 118 valence electrons. The number of hydrogen-bond donors (Lipinski definition) is 0. The maximum Gasteiger partial charge on any atom is 0.227 e. The lowest BCUT2D eigenvalue weighted by molar-refractivity contribution is -0.129. The van der Waals surface area contributed by atoms with Gasteiger partial charge >= 0.3 is 0 Å². The third-order valence-electron chi connectivity index (χ3n) is 3.25. The fraction of sp³-hybridized carbons (Fsp3) is 0.312. The molecular weight excluding hydrogens is 322 g/mol. The third-order valence-corrected chi connectivity index (χ3v) is 4.47. The largest absolute Gasteiger partial charge is 0.493 e. The molecule has 4 nitrogen and oxygen atoms in total. The van der Waals surface area contributed by atoms with Gasteiger partial charge in [0.15, 0.2) is 11.5 Å². The predicted octanol–water partition coefficient (Wildman–Crippen LogP) is 3.62. The Morgan fingerprint density at radius 1 is 1.18 bits per heavy atom. The van der Waals surface area contributed by atoms with E-state index in [4.69, 9.17) is 21.1 Å². The molecule has 0 aliphatic rings. The van der Waals surface area contributed by atoms with Crippen LogP contribution in [0.4, 0.5) is 0 Å². The Kier molecular flexibility index (Phi) is 5.69. The SMILES string of the molecule is COc1ccc(CC(=O)N(C)Cc2ccc(Cl)s2)cc1OC. The van der Waals surface area contributed by atoms with Gasteiger partial charge in [-0.1, -0.05) is 17.7 Å². The Morgan fingerprint density at radius 2 is 1.91 bits per heavy atom. The van der Waals surface area contributed by atoms with Crippen LogP contribution in [0.3, 0.4) is 0 Å². The molecule has 6 heteroatoms. The minimum absolute atomic E-state index is 0.0387. The van der Waals surface area contributed by atoms with Gasteiger partial charge in [0.25, 0.3) is 0 Å². The molecule has 1 aromatic heterocycles. The van der Waals surface area contributed by atoms with Crippen molar-refractivity contribution in [2.75, 3.05) is 21.3 Å². The molecule has 0 N–H and O–H groups in total. The van der Waals surface area contributed by atoms with Crippen LogP contribution in [0.25, 0.3) is 0 Å². The molecule has 1 aromatic carbocycles. The number of halogens is 1. The van der Waals surface area contributed by atoms with Crippen molar-refractivity contribution >= 4 is 28.8 Å². The number of nitrogens with zero attached hydrogens (tertiary/aromatic N) is 1.